The van der Waals surface area contributed by atoms with E-state index in [1.54, 1.807) is 0 Å². The summed E-state index contributed by atoms with van der Waals surface area (Å²) < 4.78 is 0. The number of nitrogens with two attached hydrogens (primary N) is 1. The predicted molar refractivity (Wildman–Crippen MR) is 108 cm³/mol. The van der Waals surface area contributed by atoms with E-state index < -0.39 is 23.8 Å². The molecule has 2 amide bonds. The van der Waals surface area contributed by atoms with Crippen molar-refractivity contribution in [2.75, 3.05) is 11.4 Å². The van der Waals surface area contributed by atoms with Gasteiger partial charge in [-0.3, -0.25) is 14.4 Å². The lowest BCUT2D eigenvalue weighted by molar-refractivity contribution is -0.138. The summed E-state index contributed by atoms with van der Waals surface area (Å²) in [4.78, 5) is 38.9. The minimum atomic E-state index is -1.04. The number of Topliss-reactive ketones (excluding diaryl/α,β-unsaturated/α-hetero) is 1. The van der Waals surface area contributed by atoms with Gasteiger partial charge in [0.25, 0.3) is 5.91 Å². The average molecular weight is 379 g/mol. The smallest absolute Gasteiger partial charge is 0.287 e. The molecule has 6 heteroatoms. The van der Waals surface area contributed by atoms with Crippen molar-refractivity contribution in [3.05, 3.63) is 66.2 Å². The van der Waals surface area contributed by atoms with Crippen LogP contribution in [0, 0.1) is 5.92 Å². The lowest BCUT2D eigenvalue weighted by Gasteiger charge is -2.27. The van der Waals surface area contributed by atoms with Crippen LogP contribution in [0.5, 0.6) is 0 Å². The van der Waals surface area contributed by atoms with Crippen molar-refractivity contribution in [2.24, 2.45) is 11.7 Å². The molecule has 3 atom stereocenters. The van der Waals surface area contributed by atoms with Gasteiger partial charge in [0.2, 0.25) is 11.7 Å². The molecule has 6 nitrogen and oxygen atoms in total. The van der Waals surface area contributed by atoms with Crippen molar-refractivity contribution in [3.8, 4) is 0 Å². The monoisotopic (exact) mass is 379 g/mol. The molecule has 3 N–H and O–H groups in total. The molecule has 28 heavy (non-hydrogen) atoms. The largest absolute Gasteiger partial charge is 0.363 e. The first-order chi connectivity index (χ1) is 13.5. The first kappa shape index (κ1) is 19.6. The van der Waals surface area contributed by atoms with Crippen molar-refractivity contribution < 1.29 is 14.4 Å². The molecule has 146 valence electrons. The van der Waals surface area contributed by atoms with Gasteiger partial charge in [-0.05, 0) is 30.0 Å². The van der Waals surface area contributed by atoms with Crippen molar-refractivity contribution in [1.29, 1.82) is 0 Å². The van der Waals surface area contributed by atoms with Crippen LogP contribution in [-0.4, -0.2) is 36.2 Å². The van der Waals surface area contributed by atoms with E-state index in [9.17, 15) is 14.4 Å². The fourth-order valence-electron chi connectivity index (χ4n) is 3.70. The molecule has 0 bridgehead atoms. The van der Waals surface area contributed by atoms with Crippen LogP contribution in [0.1, 0.15) is 18.9 Å². The van der Waals surface area contributed by atoms with Gasteiger partial charge in [-0.25, -0.2) is 0 Å². The summed E-state index contributed by atoms with van der Waals surface area (Å²) in [7, 11) is 0. The number of amides is 2. The van der Waals surface area contributed by atoms with E-state index in [2.05, 4.69) is 12.2 Å². The van der Waals surface area contributed by atoms with Gasteiger partial charge >= 0.3 is 0 Å². The average Bonchev–Trinajstić information content (AvgIpc) is 3.10. The van der Waals surface area contributed by atoms with Crippen LogP contribution in [-0.2, 0) is 20.8 Å². The molecule has 0 radical (unpaired) electrons. The van der Waals surface area contributed by atoms with Gasteiger partial charge < -0.3 is 16.0 Å². The van der Waals surface area contributed by atoms with Crippen molar-refractivity contribution in [3.63, 3.8) is 0 Å². The zero-order valence-electron chi connectivity index (χ0n) is 15.9. The Bertz CT molecular complexity index is 839. The number of nitrogens with zero attached hydrogens (tertiary/aromatic N) is 1. The van der Waals surface area contributed by atoms with E-state index in [1.807, 2.05) is 65.6 Å². The third-order valence-electron chi connectivity index (χ3n) is 5.06. The predicted octanol–water partition coefficient (Wildman–Crippen LogP) is 1.68. The Morgan fingerprint density at radius 3 is 2.29 bits per heavy atom. The number of para-hydroxylation sites is 1. The lowest BCUT2D eigenvalue weighted by atomic mass is 10.0. The molecule has 2 aromatic carbocycles. The molecular formula is C22H25N3O3. The van der Waals surface area contributed by atoms with E-state index in [0.717, 1.165) is 17.8 Å². The molecule has 1 heterocycles. The summed E-state index contributed by atoms with van der Waals surface area (Å²) in [6.07, 6.45) is 0.908. The second kappa shape index (κ2) is 8.69. The molecule has 2 aromatic rings. The number of carbonyl (C=O) groups excluding carboxylic acids is 3. The highest BCUT2D eigenvalue weighted by Crippen LogP contribution is 2.29. The Kier molecular flexibility index (Phi) is 6.09. The van der Waals surface area contributed by atoms with Gasteiger partial charge in [-0.2, -0.15) is 0 Å². The number of carbonyl (C=O) groups is 3. The molecule has 1 unspecified atom stereocenters. The number of rotatable bonds is 7. The van der Waals surface area contributed by atoms with Crippen molar-refractivity contribution in [2.45, 2.75) is 31.8 Å². The Balaban J connectivity index is 1.78. The minimum absolute atomic E-state index is 0.224. The van der Waals surface area contributed by atoms with Crippen LogP contribution in [0.3, 0.4) is 0 Å². The second-order valence-corrected chi connectivity index (χ2v) is 7.32. The quantitative estimate of drug-likeness (QED) is 0.716. The van der Waals surface area contributed by atoms with Gasteiger partial charge in [0.15, 0.2) is 0 Å². The maximum Gasteiger partial charge on any atom is 0.287 e. The number of hydrogen-bond donors (Lipinski definition) is 2. The normalized spacial score (nSPS) is 19.8. The fraction of sp³-hybridized carbons (Fsp3) is 0.318. The molecule has 0 spiro atoms. The molecule has 1 aliphatic rings. The summed E-state index contributed by atoms with van der Waals surface area (Å²) in [6, 6.07) is 17.6. The molecule has 1 fully saturated rings. The van der Waals surface area contributed by atoms with E-state index in [0.29, 0.717) is 12.3 Å². The first-order valence-corrected chi connectivity index (χ1v) is 9.45. The molecule has 0 saturated carbocycles. The third kappa shape index (κ3) is 4.57. The standard InChI is InChI=1S/C22H25N3O3/c1-15-12-19(25(14-15)17-10-6-3-7-11-17)22(28)24-18(20(26)21(23)27)13-16-8-4-2-5-9-16/h2-11,15,18-19H,12-14H2,1H3,(H2,23,27)(H,24,28)/t15-,18?,19+/m1/s1. The molecule has 1 aliphatic heterocycles. The van der Waals surface area contributed by atoms with Crippen molar-refractivity contribution in [1.82, 2.24) is 5.32 Å². The Morgan fingerprint density at radius 1 is 1.07 bits per heavy atom. The zero-order valence-corrected chi connectivity index (χ0v) is 15.9. The zero-order chi connectivity index (χ0) is 20.1. The summed E-state index contributed by atoms with van der Waals surface area (Å²) >= 11 is 0. The van der Waals surface area contributed by atoms with Gasteiger partial charge in [0, 0.05) is 18.7 Å². The van der Waals surface area contributed by atoms with E-state index >= 15 is 0 Å². The molecular weight excluding hydrogens is 354 g/mol. The van der Waals surface area contributed by atoms with E-state index in [4.69, 9.17) is 5.73 Å². The number of primary amides is 1. The fourth-order valence-corrected chi connectivity index (χ4v) is 3.70. The number of hydrogen-bond acceptors (Lipinski definition) is 4. The van der Waals surface area contributed by atoms with E-state index in [-0.39, 0.29) is 12.3 Å². The van der Waals surface area contributed by atoms with Gasteiger partial charge in [-0.15, -0.1) is 0 Å². The molecule has 1 saturated heterocycles. The highest BCUT2D eigenvalue weighted by Gasteiger charge is 2.37. The van der Waals surface area contributed by atoms with Crippen LogP contribution in [0.15, 0.2) is 60.7 Å². The minimum Gasteiger partial charge on any atom is -0.363 e. The lowest BCUT2D eigenvalue weighted by Crippen LogP contribution is -2.52. The van der Waals surface area contributed by atoms with E-state index in [1.165, 1.54) is 0 Å². The van der Waals surface area contributed by atoms with Crippen LogP contribution in [0.25, 0.3) is 0 Å². The van der Waals surface area contributed by atoms with Crippen LogP contribution in [0.4, 0.5) is 5.69 Å². The van der Waals surface area contributed by atoms with Crippen LogP contribution < -0.4 is 16.0 Å². The molecule has 3 rings (SSSR count). The van der Waals surface area contributed by atoms with Gasteiger partial charge in [-0.1, -0.05) is 55.5 Å². The van der Waals surface area contributed by atoms with Gasteiger partial charge in [0.1, 0.15) is 12.1 Å². The number of ketones is 1. The first-order valence-electron chi connectivity index (χ1n) is 9.45. The summed E-state index contributed by atoms with van der Waals surface area (Å²) in [5.74, 6) is -1.74. The number of benzene rings is 2. The second-order valence-electron chi connectivity index (χ2n) is 7.32. The molecule has 0 aliphatic carbocycles. The van der Waals surface area contributed by atoms with Gasteiger partial charge in [0.05, 0.1) is 0 Å². The SMILES string of the molecule is C[C@@H]1C[C@@H](C(=O)NC(Cc2ccccc2)C(=O)C(N)=O)N(c2ccccc2)C1. The van der Waals surface area contributed by atoms with Crippen LogP contribution in [0.2, 0.25) is 0 Å². The summed E-state index contributed by atoms with van der Waals surface area (Å²) in [5, 5.41) is 2.78. The van der Waals surface area contributed by atoms with Crippen molar-refractivity contribution >= 4 is 23.3 Å². The summed E-state index contributed by atoms with van der Waals surface area (Å²) in [5.41, 5.74) is 7.02. The Labute approximate surface area is 164 Å². The summed E-state index contributed by atoms with van der Waals surface area (Å²) in [6.45, 7) is 2.86. The third-order valence-corrected chi connectivity index (χ3v) is 5.06. The van der Waals surface area contributed by atoms with Crippen LogP contribution >= 0.6 is 0 Å². The topological polar surface area (TPSA) is 92.5 Å². The highest BCUT2D eigenvalue weighted by molar-refractivity contribution is 6.37. The maximum atomic E-state index is 13.0. The Morgan fingerprint density at radius 2 is 1.68 bits per heavy atom. The molecule has 0 aromatic heterocycles. The Hall–Kier alpha value is -3.15. The number of anilines is 1. The maximum absolute atomic E-state index is 13.0. The number of nitrogens with one attached hydrogen (secondary N) is 1. The highest BCUT2D eigenvalue weighted by atomic mass is 16.2.